The van der Waals surface area contributed by atoms with Crippen molar-refractivity contribution in [2.24, 2.45) is 5.73 Å². The molecule has 0 unspecified atom stereocenters. The fourth-order valence-electron chi connectivity index (χ4n) is 1.70. The maximum atomic E-state index is 5.61. The van der Waals surface area contributed by atoms with Gasteiger partial charge >= 0.3 is 0 Å². The predicted molar refractivity (Wildman–Crippen MR) is 65.7 cm³/mol. The van der Waals surface area contributed by atoms with E-state index in [1.54, 1.807) is 7.11 Å². The fraction of sp³-hybridized carbons (Fsp3) is 0.250. The zero-order valence-corrected chi connectivity index (χ0v) is 9.45. The maximum absolute atomic E-state index is 5.61. The van der Waals surface area contributed by atoms with Crippen LogP contribution in [0.15, 0.2) is 24.3 Å². The van der Waals surface area contributed by atoms with E-state index in [4.69, 9.17) is 10.5 Å². The van der Waals surface area contributed by atoms with E-state index in [2.05, 4.69) is 10.3 Å². The molecule has 0 radical (unpaired) electrons. The lowest BCUT2D eigenvalue weighted by molar-refractivity contribution is 0.415. The largest absolute Gasteiger partial charge is 0.497 e. The molecule has 1 aromatic heterocycles. The number of aromatic nitrogens is 1. The number of rotatable bonds is 3. The van der Waals surface area contributed by atoms with Gasteiger partial charge in [0.05, 0.1) is 18.3 Å². The van der Waals surface area contributed by atoms with Gasteiger partial charge < -0.3 is 15.8 Å². The van der Waals surface area contributed by atoms with Gasteiger partial charge in [0, 0.05) is 30.7 Å². The third-order valence-electron chi connectivity index (χ3n) is 2.55. The van der Waals surface area contributed by atoms with Crippen LogP contribution >= 0.6 is 0 Å². The molecule has 0 saturated heterocycles. The third kappa shape index (κ3) is 1.79. The van der Waals surface area contributed by atoms with Crippen LogP contribution in [0.4, 0.5) is 5.69 Å². The molecule has 84 valence electrons. The van der Waals surface area contributed by atoms with Gasteiger partial charge in [-0.05, 0) is 18.2 Å². The Bertz CT molecular complexity index is 506. The van der Waals surface area contributed by atoms with Gasteiger partial charge in [0.1, 0.15) is 5.75 Å². The number of nitrogens with zero attached hydrogens (tertiary/aromatic N) is 1. The van der Waals surface area contributed by atoms with Crippen molar-refractivity contribution in [2.75, 3.05) is 19.5 Å². The summed E-state index contributed by atoms with van der Waals surface area (Å²) >= 11 is 0. The van der Waals surface area contributed by atoms with Crippen molar-refractivity contribution in [1.82, 2.24) is 4.98 Å². The highest BCUT2D eigenvalue weighted by atomic mass is 16.5. The number of nitrogens with one attached hydrogen (secondary N) is 1. The van der Waals surface area contributed by atoms with Gasteiger partial charge in [-0.3, -0.25) is 4.98 Å². The summed E-state index contributed by atoms with van der Waals surface area (Å²) in [5.41, 5.74) is 8.41. The molecule has 0 aliphatic rings. The van der Waals surface area contributed by atoms with Crippen LogP contribution in [0.5, 0.6) is 5.75 Å². The Morgan fingerprint density at radius 1 is 1.38 bits per heavy atom. The highest BCUT2D eigenvalue weighted by Crippen LogP contribution is 2.26. The average molecular weight is 217 g/mol. The van der Waals surface area contributed by atoms with Crippen LogP contribution in [-0.2, 0) is 6.54 Å². The molecule has 0 bridgehead atoms. The third-order valence-corrected chi connectivity index (χ3v) is 2.55. The van der Waals surface area contributed by atoms with Gasteiger partial charge in [-0.1, -0.05) is 0 Å². The van der Waals surface area contributed by atoms with Gasteiger partial charge in [0.15, 0.2) is 0 Å². The number of fused-ring (bicyclic) bond motifs is 1. The lowest BCUT2D eigenvalue weighted by Gasteiger charge is -2.09. The molecule has 16 heavy (non-hydrogen) atoms. The van der Waals surface area contributed by atoms with Gasteiger partial charge in [-0.25, -0.2) is 0 Å². The second kappa shape index (κ2) is 4.37. The van der Waals surface area contributed by atoms with Crippen LogP contribution in [0, 0.1) is 0 Å². The molecule has 1 aromatic carbocycles. The Morgan fingerprint density at radius 2 is 2.19 bits per heavy atom. The number of nitrogens with two attached hydrogens (primary N) is 1. The van der Waals surface area contributed by atoms with E-state index >= 15 is 0 Å². The van der Waals surface area contributed by atoms with Crippen molar-refractivity contribution in [3.05, 3.63) is 30.0 Å². The molecule has 3 N–H and O–H groups in total. The van der Waals surface area contributed by atoms with E-state index < -0.39 is 0 Å². The summed E-state index contributed by atoms with van der Waals surface area (Å²) in [5.74, 6) is 0.802. The van der Waals surface area contributed by atoms with Gasteiger partial charge in [-0.2, -0.15) is 0 Å². The van der Waals surface area contributed by atoms with Crippen molar-refractivity contribution < 1.29 is 4.74 Å². The Labute approximate surface area is 94.4 Å². The Morgan fingerprint density at radius 3 is 2.81 bits per heavy atom. The second-order valence-corrected chi connectivity index (χ2v) is 3.50. The normalized spacial score (nSPS) is 10.4. The molecule has 0 amide bonds. The van der Waals surface area contributed by atoms with Crippen molar-refractivity contribution >= 4 is 16.6 Å². The summed E-state index contributed by atoms with van der Waals surface area (Å²) < 4.78 is 5.18. The minimum absolute atomic E-state index is 0.432. The second-order valence-electron chi connectivity index (χ2n) is 3.50. The number of anilines is 1. The number of pyridine rings is 1. The first kappa shape index (κ1) is 10.7. The summed E-state index contributed by atoms with van der Waals surface area (Å²) in [6.45, 7) is 0.432. The van der Waals surface area contributed by atoms with Crippen molar-refractivity contribution in [3.8, 4) is 5.75 Å². The summed E-state index contributed by atoms with van der Waals surface area (Å²) in [7, 11) is 3.53. The molecule has 4 nitrogen and oxygen atoms in total. The molecular formula is C12H15N3O. The SMILES string of the molecule is CNc1cc(CN)nc2cc(OC)ccc12. The number of hydrogen-bond donors (Lipinski definition) is 2. The quantitative estimate of drug-likeness (QED) is 0.822. The molecule has 0 fully saturated rings. The summed E-state index contributed by atoms with van der Waals surface area (Å²) in [4.78, 5) is 4.47. The molecule has 1 heterocycles. The number of benzene rings is 1. The van der Waals surface area contributed by atoms with Crippen molar-refractivity contribution in [2.45, 2.75) is 6.54 Å². The first-order valence-electron chi connectivity index (χ1n) is 5.14. The molecule has 0 aliphatic heterocycles. The lowest BCUT2D eigenvalue weighted by Crippen LogP contribution is -2.02. The highest BCUT2D eigenvalue weighted by molar-refractivity contribution is 5.92. The van der Waals surface area contributed by atoms with E-state index in [1.165, 1.54) is 0 Å². The Balaban J connectivity index is 2.68. The standard InChI is InChI=1S/C12H15N3O/c1-14-11-5-8(7-13)15-12-6-9(16-2)3-4-10(11)12/h3-6H,7,13H2,1-2H3,(H,14,15). The summed E-state index contributed by atoms with van der Waals surface area (Å²) in [6, 6.07) is 7.80. The highest BCUT2D eigenvalue weighted by Gasteiger charge is 2.05. The van der Waals surface area contributed by atoms with Gasteiger partial charge in [0.25, 0.3) is 0 Å². The van der Waals surface area contributed by atoms with E-state index in [0.717, 1.165) is 28.0 Å². The molecule has 0 spiro atoms. The van der Waals surface area contributed by atoms with Crippen LogP contribution in [-0.4, -0.2) is 19.1 Å². The van der Waals surface area contributed by atoms with Crippen molar-refractivity contribution in [1.29, 1.82) is 0 Å². The monoisotopic (exact) mass is 217 g/mol. The Kier molecular flexibility index (Phi) is 2.92. The predicted octanol–water partition coefficient (Wildman–Crippen LogP) is 1.74. The zero-order valence-electron chi connectivity index (χ0n) is 9.45. The van der Waals surface area contributed by atoms with Crippen LogP contribution in [0.3, 0.4) is 0 Å². The van der Waals surface area contributed by atoms with E-state index in [0.29, 0.717) is 6.54 Å². The zero-order chi connectivity index (χ0) is 11.5. The lowest BCUT2D eigenvalue weighted by atomic mass is 10.1. The number of ether oxygens (including phenoxy) is 1. The minimum Gasteiger partial charge on any atom is -0.497 e. The first-order valence-corrected chi connectivity index (χ1v) is 5.14. The van der Waals surface area contributed by atoms with E-state index in [-0.39, 0.29) is 0 Å². The Hall–Kier alpha value is -1.81. The van der Waals surface area contributed by atoms with Crippen LogP contribution in [0.25, 0.3) is 10.9 Å². The molecule has 0 atom stereocenters. The van der Waals surface area contributed by atoms with Gasteiger partial charge in [-0.15, -0.1) is 0 Å². The number of hydrogen-bond acceptors (Lipinski definition) is 4. The van der Waals surface area contributed by atoms with Crippen LogP contribution < -0.4 is 15.8 Å². The molecule has 4 heteroatoms. The topological polar surface area (TPSA) is 60.2 Å². The molecule has 2 aromatic rings. The molecule has 0 saturated carbocycles. The van der Waals surface area contributed by atoms with Crippen molar-refractivity contribution in [3.63, 3.8) is 0 Å². The molecular weight excluding hydrogens is 202 g/mol. The molecule has 0 aliphatic carbocycles. The van der Waals surface area contributed by atoms with Crippen LogP contribution in [0.1, 0.15) is 5.69 Å². The average Bonchev–Trinajstić information content (AvgIpc) is 2.36. The fourth-order valence-corrected chi connectivity index (χ4v) is 1.70. The maximum Gasteiger partial charge on any atom is 0.121 e. The number of methoxy groups -OCH3 is 1. The summed E-state index contributed by atoms with van der Waals surface area (Å²) in [5, 5.41) is 4.22. The summed E-state index contributed by atoms with van der Waals surface area (Å²) in [6.07, 6.45) is 0. The van der Waals surface area contributed by atoms with E-state index in [9.17, 15) is 0 Å². The molecule has 2 rings (SSSR count). The minimum atomic E-state index is 0.432. The van der Waals surface area contributed by atoms with Gasteiger partial charge in [0.2, 0.25) is 0 Å². The first-order chi connectivity index (χ1) is 7.78. The smallest absolute Gasteiger partial charge is 0.121 e. The van der Waals surface area contributed by atoms with Crippen LogP contribution in [0.2, 0.25) is 0 Å². The van der Waals surface area contributed by atoms with E-state index in [1.807, 2.05) is 31.3 Å².